The summed E-state index contributed by atoms with van der Waals surface area (Å²) in [4.78, 5) is 11.5. The number of amides is 1. The van der Waals surface area contributed by atoms with Crippen molar-refractivity contribution in [3.8, 4) is 0 Å². The molecule has 19 heavy (non-hydrogen) atoms. The molecule has 0 spiro atoms. The van der Waals surface area contributed by atoms with Crippen LogP contribution in [-0.4, -0.2) is 52.6 Å². The molecule has 112 valence electrons. The van der Waals surface area contributed by atoms with Crippen LogP contribution < -0.4 is 10.0 Å². The van der Waals surface area contributed by atoms with E-state index in [4.69, 9.17) is 0 Å². The van der Waals surface area contributed by atoms with Gasteiger partial charge in [-0.2, -0.15) is 0 Å². The van der Waals surface area contributed by atoms with Gasteiger partial charge in [-0.3, -0.25) is 4.79 Å². The highest BCUT2D eigenvalue weighted by atomic mass is 32.2. The Morgan fingerprint density at radius 2 is 2.05 bits per heavy atom. The van der Waals surface area contributed by atoms with E-state index < -0.39 is 31.8 Å². The number of sulfonamides is 1. The van der Waals surface area contributed by atoms with Gasteiger partial charge in [0.1, 0.15) is 0 Å². The number of rotatable bonds is 7. The van der Waals surface area contributed by atoms with Crippen molar-refractivity contribution in [1.29, 1.82) is 0 Å². The molecule has 0 radical (unpaired) electrons. The molecule has 1 unspecified atom stereocenters. The normalized spacial score (nSPS) is 22.3. The smallest absolute Gasteiger partial charge is 0.235 e. The number of hydrogen-bond acceptors (Lipinski definition) is 5. The first-order valence-electron chi connectivity index (χ1n) is 6.21. The van der Waals surface area contributed by atoms with Crippen LogP contribution in [0.15, 0.2) is 0 Å². The Morgan fingerprint density at radius 1 is 1.37 bits per heavy atom. The SMILES string of the molecule is CCCCS(=O)(=O)NCC(=O)NC1CCS(=O)(=O)C1. The summed E-state index contributed by atoms with van der Waals surface area (Å²) in [5.41, 5.74) is 0. The quantitative estimate of drug-likeness (QED) is 0.627. The fourth-order valence-corrected chi connectivity index (χ4v) is 4.61. The van der Waals surface area contributed by atoms with Crippen molar-refractivity contribution in [1.82, 2.24) is 10.0 Å². The molecule has 7 nitrogen and oxygen atoms in total. The van der Waals surface area contributed by atoms with Crippen LogP contribution in [-0.2, 0) is 24.7 Å². The summed E-state index contributed by atoms with van der Waals surface area (Å²) < 4.78 is 47.5. The highest BCUT2D eigenvalue weighted by Crippen LogP contribution is 2.10. The minimum atomic E-state index is -3.42. The van der Waals surface area contributed by atoms with Crippen LogP contribution in [0.3, 0.4) is 0 Å². The molecular formula is C10H20N2O5S2. The van der Waals surface area contributed by atoms with E-state index in [1.165, 1.54) is 0 Å². The first-order valence-corrected chi connectivity index (χ1v) is 9.68. The maximum absolute atomic E-state index is 11.5. The lowest BCUT2D eigenvalue weighted by Gasteiger charge is -2.11. The molecule has 0 saturated carbocycles. The van der Waals surface area contributed by atoms with Crippen LogP contribution in [0.5, 0.6) is 0 Å². The van der Waals surface area contributed by atoms with E-state index in [-0.39, 0.29) is 23.8 Å². The molecule has 0 aromatic carbocycles. The van der Waals surface area contributed by atoms with Crippen molar-refractivity contribution < 1.29 is 21.6 Å². The van der Waals surface area contributed by atoms with Crippen molar-refractivity contribution in [2.24, 2.45) is 0 Å². The summed E-state index contributed by atoms with van der Waals surface area (Å²) in [6.45, 7) is 1.53. The molecule has 1 atom stereocenters. The van der Waals surface area contributed by atoms with Gasteiger partial charge in [0.15, 0.2) is 9.84 Å². The van der Waals surface area contributed by atoms with Gasteiger partial charge < -0.3 is 5.32 Å². The van der Waals surface area contributed by atoms with E-state index in [9.17, 15) is 21.6 Å². The van der Waals surface area contributed by atoms with Gasteiger partial charge in [0, 0.05) is 6.04 Å². The van der Waals surface area contributed by atoms with Gasteiger partial charge >= 0.3 is 0 Å². The second-order valence-electron chi connectivity index (χ2n) is 4.66. The average molecular weight is 312 g/mol. The third-order valence-corrected chi connectivity index (χ3v) is 6.00. The summed E-state index contributed by atoms with van der Waals surface area (Å²) in [7, 11) is -6.47. The highest BCUT2D eigenvalue weighted by Gasteiger charge is 2.28. The average Bonchev–Trinajstić information content (AvgIpc) is 2.64. The van der Waals surface area contributed by atoms with E-state index in [1.54, 1.807) is 0 Å². The first-order chi connectivity index (χ1) is 8.74. The van der Waals surface area contributed by atoms with Crippen LogP contribution in [0.1, 0.15) is 26.2 Å². The molecule has 1 rings (SSSR count). The summed E-state index contributed by atoms with van der Waals surface area (Å²) in [6, 6.07) is -0.405. The number of unbranched alkanes of at least 4 members (excludes halogenated alkanes) is 1. The minimum absolute atomic E-state index is 0.00537. The van der Waals surface area contributed by atoms with E-state index in [0.29, 0.717) is 12.8 Å². The predicted octanol–water partition coefficient (Wildman–Crippen LogP) is -0.991. The maximum atomic E-state index is 11.5. The molecule has 0 aliphatic carbocycles. The Morgan fingerprint density at radius 3 is 2.58 bits per heavy atom. The van der Waals surface area contributed by atoms with Crippen LogP contribution in [0.25, 0.3) is 0 Å². The van der Waals surface area contributed by atoms with Crippen molar-refractivity contribution in [3.63, 3.8) is 0 Å². The molecule has 1 heterocycles. The van der Waals surface area contributed by atoms with Crippen molar-refractivity contribution in [2.75, 3.05) is 23.8 Å². The molecule has 9 heteroatoms. The van der Waals surface area contributed by atoms with E-state index in [0.717, 1.165) is 6.42 Å². The van der Waals surface area contributed by atoms with E-state index in [2.05, 4.69) is 10.0 Å². The molecule has 0 aromatic rings. The Balaban J connectivity index is 2.33. The van der Waals surface area contributed by atoms with Gasteiger partial charge in [0.25, 0.3) is 0 Å². The van der Waals surface area contributed by atoms with Gasteiger partial charge in [-0.1, -0.05) is 13.3 Å². The van der Waals surface area contributed by atoms with Gasteiger partial charge in [0.2, 0.25) is 15.9 Å². The molecule has 1 saturated heterocycles. The second kappa shape index (κ2) is 6.67. The molecule has 2 N–H and O–H groups in total. The number of hydrogen-bond donors (Lipinski definition) is 2. The third-order valence-electron chi connectivity index (χ3n) is 2.82. The first kappa shape index (κ1) is 16.4. The lowest BCUT2D eigenvalue weighted by molar-refractivity contribution is -0.120. The van der Waals surface area contributed by atoms with Crippen molar-refractivity contribution in [3.05, 3.63) is 0 Å². The van der Waals surface area contributed by atoms with Gasteiger partial charge in [0.05, 0.1) is 23.8 Å². The lowest BCUT2D eigenvalue weighted by atomic mass is 10.2. The maximum Gasteiger partial charge on any atom is 0.235 e. The van der Waals surface area contributed by atoms with Crippen LogP contribution in [0.2, 0.25) is 0 Å². The van der Waals surface area contributed by atoms with Gasteiger partial charge in [-0.15, -0.1) is 0 Å². The largest absolute Gasteiger partial charge is 0.351 e. The fourth-order valence-electron chi connectivity index (χ4n) is 1.77. The molecule has 1 aliphatic rings. The Bertz CT molecular complexity index is 512. The summed E-state index contributed by atoms with van der Waals surface area (Å²) >= 11 is 0. The van der Waals surface area contributed by atoms with Crippen molar-refractivity contribution >= 4 is 25.8 Å². The zero-order valence-electron chi connectivity index (χ0n) is 10.9. The summed E-state index contributed by atoms with van der Waals surface area (Å²) in [5.74, 6) is -0.502. The zero-order valence-corrected chi connectivity index (χ0v) is 12.5. The lowest BCUT2D eigenvalue weighted by Crippen LogP contribution is -2.42. The molecule has 1 fully saturated rings. The number of nitrogens with one attached hydrogen (secondary N) is 2. The summed E-state index contributed by atoms with van der Waals surface area (Å²) in [6.07, 6.45) is 1.68. The number of carbonyl (C=O) groups excluding carboxylic acids is 1. The molecule has 0 bridgehead atoms. The Hall–Kier alpha value is -0.670. The van der Waals surface area contributed by atoms with Gasteiger partial charge in [-0.25, -0.2) is 21.6 Å². The summed E-state index contributed by atoms with van der Waals surface area (Å²) in [5, 5.41) is 2.52. The Labute approximate surface area is 114 Å². The topological polar surface area (TPSA) is 109 Å². The third kappa shape index (κ3) is 6.35. The van der Waals surface area contributed by atoms with E-state index >= 15 is 0 Å². The molecule has 0 aromatic heterocycles. The predicted molar refractivity (Wildman–Crippen MR) is 71.9 cm³/mol. The standard InChI is InChI=1S/C10H20N2O5S2/c1-2-3-5-19(16,17)11-7-10(13)12-9-4-6-18(14,15)8-9/h9,11H,2-8H2,1H3,(H,12,13). The monoisotopic (exact) mass is 312 g/mol. The van der Waals surface area contributed by atoms with Crippen LogP contribution in [0, 0.1) is 0 Å². The number of sulfone groups is 1. The highest BCUT2D eigenvalue weighted by molar-refractivity contribution is 7.91. The molecule has 1 aliphatic heterocycles. The van der Waals surface area contributed by atoms with Crippen LogP contribution >= 0.6 is 0 Å². The van der Waals surface area contributed by atoms with Crippen molar-refractivity contribution in [2.45, 2.75) is 32.2 Å². The number of carbonyl (C=O) groups is 1. The minimum Gasteiger partial charge on any atom is -0.351 e. The Kier molecular flexibility index (Phi) is 5.75. The zero-order chi connectivity index (χ0) is 14.5. The molecular weight excluding hydrogens is 292 g/mol. The van der Waals surface area contributed by atoms with Gasteiger partial charge in [-0.05, 0) is 12.8 Å². The van der Waals surface area contributed by atoms with Crippen LogP contribution in [0.4, 0.5) is 0 Å². The fraction of sp³-hybridized carbons (Fsp3) is 0.900. The van der Waals surface area contributed by atoms with E-state index in [1.807, 2.05) is 6.92 Å². The second-order valence-corrected chi connectivity index (χ2v) is 8.82. The molecule has 1 amide bonds.